The number of methoxy groups -OCH3 is 1. The molecule has 2 fully saturated rings. The van der Waals surface area contributed by atoms with E-state index in [9.17, 15) is 13.2 Å². The quantitative estimate of drug-likeness (QED) is 0.869. The van der Waals surface area contributed by atoms with Crippen molar-refractivity contribution < 1.29 is 17.9 Å². The van der Waals surface area contributed by atoms with E-state index in [4.69, 9.17) is 4.74 Å². The number of hydrogen-bond acceptors (Lipinski definition) is 4. The lowest BCUT2D eigenvalue weighted by Crippen LogP contribution is -2.41. The minimum Gasteiger partial charge on any atom is -0.497 e. The number of carbonyl (C=O) groups excluding carboxylic acids is 1. The van der Waals surface area contributed by atoms with Gasteiger partial charge in [-0.3, -0.25) is 4.79 Å². The number of carbonyl (C=O) groups is 1. The first-order valence-corrected chi connectivity index (χ1v) is 10.1. The molecule has 0 unspecified atom stereocenters. The summed E-state index contributed by atoms with van der Waals surface area (Å²) in [6.45, 7) is 2.93. The number of hydrogen-bond donors (Lipinski definition) is 1. The van der Waals surface area contributed by atoms with Crippen LogP contribution in [0.3, 0.4) is 0 Å². The summed E-state index contributed by atoms with van der Waals surface area (Å²) in [5.41, 5.74) is 1.51. The summed E-state index contributed by atoms with van der Waals surface area (Å²) in [6, 6.07) is 5.21. The molecule has 1 aliphatic carbocycles. The van der Waals surface area contributed by atoms with E-state index in [1.807, 2.05) is 13.0 Å². The average molecular weight is 352 g/mol. The van der Waals surface area contributed by atoms with Gasteiger partial charge in [-0.25, -0.2) is 13.1 Å². The van der Waals surface area contributed by atoms with Crippen LogP contribution in [0.1, 0.15) is 28.8 Å². The molecule has 132 valence electrons. The van der Waals surface area contributed by atoms with Gasteiger partial charge in [0, 0.05) is 24.7 Å². The van der Waals surface area contributed by atoms with E-state index in [-0.39, 0.29) is 17.9 Å². The zero-order chi connectivity index (χ0) is 17.5. The van der Waals surface area contributed by atoms with Crippen molar-refractivity contribution >= 4 is 15.9 Å². The molecule has 1 aromatic carbocycles. The van der Waals surface area contributed by atoms with Gasteiger partial charge in [0.05, 0.1) is 13.4 Å². The van der Waals surface area contributed by atoms with Crippen LogP contribution in [0.2, 0.25) is 0 Å². The third-order valence-corrected chi connectivity index (χ3v) is 5.64. The predicted octanol–water partition coefficient (Wildman–Crippen LogP) is 1.40. The first-order valence-electron chi connectivity index (χ1n) is 8.19. The van der Waals surface area contributed by atoms with Gasteiger partial charge in [-0.05, 0) is 55.4 Å². The SMILES string of the molecule is COc1ccc(C(=O)N2C[C@H](NS(C)(=O)=O)[C@@H](C3CC3)C2)c(C)c1. The van der Waals surface area contributed by atoms with E-state index < -0.39 is 10.0 Å². The molecule has 1 N–H and O–H groups in total. The van der Waals surface area contributed by atoms with Gasteiger partial charge >= 0.3 is 0 Å². The summed E-state index contributed by atoms with van der Waals surface area (Å²) in [5, 5.41) is 0. The second-order valence-electron chi connectivity index (χ2n) is 6.89. The Labute approximate surface area is 143 Å². The zero-order valence-corrected chi connectivity index (χ0v) is 15.1. The van der Waals surface area contributed by atoms with Gasteiger partial charge < -0.3 is 9.64 Å². The molecule has 0 spiro atoms. The Bertz CT molecular complexity index is 743. The number of ether oxygens (including phenoxy) is 1. The van der Waals surface area contributed by atoms with Gasteiger partial charge in [0.1, 0.15) is 5.75 Å². The molecule has 1 amide bonds. The Morgan fingerprint density at radius 3 is 2.54 bits per heavy atom. The highest BCUT2D eigenvalue weighted by molar-refractivity contribution is 7.88. The second kappa shape index (κ2) is 6.37. The fraction of sp³-hybridized carbons (Fsp3) is 0.588. The molecular formula is C17H24N2O4S. The van der Waals surface area contributed by atoms with Crippen molar-refractivity contribution in [2.24, 2.45) is 11.8 Å². The largest absolute Gasteiger partial charge is 0.497 e. The molecule has 0 aromatic heterocycles. The summed E-state index contributed by atoms with van der Waals surface area (Å²) in [6.07, 6.45) is 3.42. The zero-order valence-electron chi connectivity index (χ0n) is 14.3. The van der Waals surface area contributed by atoms with Crippen LogP contribution in [0.25, 0.3) is 0 Å². The van der Waals surface area contributed by atoms with E-state index in [0.29, 0.717) is 24.6 Å². The molecule has 1 heterocycles. The predicted molar refractivity (Wildman–Crippen MR) is 91.6 cm³/mol. The van der Waals surface area contributed by atoms with Crippen molar-refractivity contribution in [2.75, 3.05) is 26.5 Å². The third-order valence-electron chi connectivity index (χ3n) is 4.91. The lowest BCUT2D eigenvalue weighted by Gasteiger charge is -2.18. The first-order chi connectivity index (χ1) is 11.3. The molecular weight excluding hydrogens is 328 g/mol. The van der Waals surface area contributed by atoms with Crippen molar-refractivity contribution in [1.82, 2.24) is 9.62 Å². The molecule has 2 atom stereocenters. The lowest BCUT2D eigenvalue weighted by molar-refractivity contribution is 0.0783. The Morgan fingerprint density at radius 2 is 2.00 bits per heavy atom. The molecule has 7 heteroatoms. The first kappa shape index (κ1) is 17.2. The van der Waals surface area contributed by atoms with Crippen LogP contribution in [0, 0.1) is 18.8 Å². The van der Waals surface area contributed by atoms with Crippen LogP contribution in [0.15, 0.2) is 18.2 Å². The highest BCUT2D eigenvalue weighted by Crippen LogP contribution is 2.42. The molecule has 0 bridgehead atoms. The topological polar surface area (TPSA) is 75.7 Å². The molecule has 1 saturated heterocycles. The number of rotatable bonds is 5. The fourth-order valence-corrected chi connectivity index (χ4v) is 4.37. The van der Waals surface area contributed by atoms with E-state index in [1.54, 1.807) is 24.1 Å². The fourth-order valence-electron chi connectivity index (χ4n) is 3.57. The van der Waals surface area contributed by atoms with E-state index in [2.05, 4.69) is 4.72 Å². The molecule has 1 aliphatic heterocycles. The number of benzene rings is 1. The van der Waals surface area contributed by atoms with Gasteiger partial charge in [-0.1, -0.05) is 0 Å². The van der Waals surface area contributed by atoms with Crippen molar-refractivity contribution in [3.8, 4) is 5.75 Å². The highest BCUT2D eigenvalue weighted by Gasteiger charge is 2.44. The van der Waals surface area contributed by atoms with Crippen LogP contribution in [0.4, 0.5) is 0 Å². The second-order valence-corrected chi connectivity index (χ2v) is 8.67. The van der Waals surface area contributed by atoms with Crippen molar-refractivity contribution in [3.63, 3.8) is 0 Å². The molecule has 2 aliphatic rings. The molecule has 1 aromatic rings. The maximum Gasteiger partial charge on any atom is 0.254 e. The molecule has 24 heavy (non-hydrogen) atoms. The Morgan fingerprint density at radius 1 is 1.29 bits per heavy atom. The molecule has 0 radical (unpaired) electrons. The summed E-state index contributed by atoms with van der Waals surface area (Å²) < 4.78 is 31.1. The van der Waals surface area contributed by atoms with E-state index >= 15 is 0 Å². The maximum absolute atomic E-state index is 12.9. The highest BCUT2D eigenvalue weighted by atomic mass is 32.2. The monoisotopic (exact) mass is 352 g/mol. The van der Waals surface area contributed by atoms with Crippen molar-refractivity contribution in [1.29, 1.82) is 0 Å². The van der Waals surface area contributed by atoms with E-state index in [0.717, 1.165) is 24.2 Å². The molecule has 1 saturated carbocycles. The minimum absolute atomic E-state index is 0.0430. The summed E-state index contributed by atoms with van der Waals surface area (Å²) in [5.74, 6) is 1.41. The number of aryl methyl sites for hydroxylation is 1. The Kier molecular flexibility index (Phi) is 4.57. The molecule has 3 rings (SSSR count). The van der Waals surface area contributed by atoms with Crippen LogP contribution >= 0.6 is 0 Å². The van der Waals surface area contributed by atoms with Crippen LogP contribution in [-0.2, 0) is 10.0 Å². The summed E-state index contributed by atoms with van der Waals surface area (Å²) in [4.78, 5) is 14.7. The van der Waals surface area contributed by atoms with Crippen LogP contribution in [-0.4, -0.2) is 51.7 Å². The van der Waals surface area contributed by atoms with Crippen molar-refractivity contribution in [3.05, 3.63) is 29.3 Å². The standard InChI is InChI=1S/C17H24N2O4S/c1-11-8-13(23-2)6-7-14(11)17(20)19-9-15(12-4-5-12)16(10-19)18-24(3,21)22/h6-8,12,15-16,18H,4-5,9-10H2,1-3H3/t15-,16+/m1/s1. The van der Waals surface area contributed by atoms with E-state index in [1.165, 1.54) is 6.26 Å². The third kappa shape index (κ3) is 3.72. The lowest BCUT2D eigenvalue weighted by atomic mass is 9.99. The normalized spacial score (nSPS) is 24.2. The molecule has 6 nitrogen and oxygen atoms in total. The Hall–Kier alpha value is -1.60. The maximum atomic E-state index is 12.9. The number of likely N-dealkylation sites (tertiary alicyclic amines) is 1. The number of nitrogens with zero attached hydrogens (tertiary/aromatic N) is 1. The Balaban J connectivity index is 1.78. The van der Waals surface area contributed by atoms with Gasteiger partial charge in [0.25, 0.3) is 5.91 Å². The summed E-state index contributed by atoms with van der Waals surface area (Å²) >= 11 is 0. The van der Waals surface area contributed by atoms with Crippen molar-refractivity contribution in [2.45, 2.75) is 25.8 Å². The minimum atomic E-state index is -3.28. The smallest absolute Gasteiger partial charge is 0.254 e. The van der Waals surface area contributed by atoms with Gasteiger partial charge in [0.2, 0.25) is 10.0 Å². The van der Waals surface area contributed by atoms with Gasteiger partial charge in [-0.2, -0.15) is 0 Å². The number of sulfonamides is 1. The van der Waals surface area contributed by atoms with Gasteiger partial charge in [0.15, 0.2) is 0 Å². The van der Waals surface area contributed by atoms with Gasteiger partial charge in [-0.15, -0.1) is 0 Å². The number of nitrogens with one attached hydrogen (secondary N) is 1. The van der Waals surface area contributed by atoms with Crippen LogP contribution in [0.5, 0.6) is 5.75 Å². The van der Waals surface area contributed by atoms with Crippen LogP contribution < -0.4 is 9.46 Å². The number of amides is 1. The average Bonchev–Trinajstić information content (AvgIpc) is 3.26. The summed E-state index contributed by atoms with van der Waals surface area (Å²) in [7, 11) is -1.69.